The second-order valence-corrected chi connectivity index (χ2v) is 7.77. The second kappa shape index (κ2) is 4.98. The summed E-state index contributed by atoms with van der Waals surface area (Å²) in [5, 5.41) is 0. The van der Waals surface area contributed by atoms with Gasteiger partial charge in [-0.3, -0.25) is 0 Å². The van der Waals surface area contributed by atoms with Gasteiger partial charge in [0, 0.05) is 6.92 Å². The lowest BCUT2D eigenvalue weighted by Crippen LogP contribution is -2.72. The first-order valence-corrected chi connectivity index (χ1v) is 7.91. The van der Waals surface area contributed by atoms with Gasteiger partial charge in [-0.05, 0) is 56.3 Å². The minimum atomic E-state index is -6.27. The van der Waals surface area contributed by atoms with E-state index >= 15 is 0 Å². The SMILES string of the molecule is CC(F)(F)C(OC12CC3CC(CC(C3)C1)C2)(C(F)(F)F)C(F)(F)F. The molecule has 0 heterocycles. The van der Waals surface area contributed by atoms with Crippen molar-refractivity contribution in [1.29, 1.82) is 0 Å². The van der Waals surface area contributed by atoms with Crippen LogP contribution < -0.4 is 0 Å². The van der Waals surface area contributed by atoms with Crippen molar-refractivity contribution in [1.82, 2.24) is 0 Å². The predicted molar refractivity (Wildman–Crippen MR) is 67.5 cm³/mol. The fourth-order valence-electron chi connectivity index (χ4n) is 5.34. The average molecular weight is 366 g/mol. The number of ether oxygens (including phenoxy) is 1. The minimum absolute atomic E-state index is 0.00993. The van der Waals surface area contributed by atoms with Gasteiger partial charge in [0.05, 0.1) is 5.60 Å². The van der Waals surface area contributed by atoms with Crippen LogP contribution in [0.5, 0.6) is 0 Å². The molecule has 4 rings (SSSR count). The summed E-state index contributed by atoms with van der Waals surface area (Å²) >= 11 is 0. The lowest BCUT2D eigenvalue weighted by atomic mass is 9.54. The molecule has 0 aliphatic heterocycles. The van der Waals surface area contributed by atoms with Crippen LogP contribution in [-0.4, -0.2) is 29.5 Å². The summed E-state index contributed by atoms with van der Waals surface area (Å²) in [6.45, 7) is -0.367. The Morgan fingerprint density at radius 2 is 1.04 bits per heavy atom. The van der Waals surface area contributed by atoms with Crippen LogP contribution in [-0.2, 0) is 4.74 Å². The van der Waals surface area contributed by atoms with Crippen molar-refractivity contribution in [3.63, 3.8) is 0 Å². The molecule has 0 radical (unpaired) electrons. The quantitative estimate of drug-likeness (QED) is 0.600. The van der Waals surface area contributed by atoms with Crippen molar-refractivity contribution >= 4 is 0 Å². The van der Waals surface area contributed by atoms with Gasteiger partial charge in [-0.2, -0.15) is 26.3 Å². The summed E-state index contributed by atoms with van der Waals surface area (Å²) in [7, 11) is 0. The molecule has 9 heteroatoms. The van der Waals surface area contributed by atoms with Crippen LogP contribution in [0.15, 0.2) is 0 Å². The molecular weight excluding hydrogens is 348 g/mol. The maximum Gasteiger partial charge on any atom is 0.432 e. The zero-order chi connectivity index (χ0) is 18.2. The molecule has 4 aliphatic rings. The predicted octanol–water partition coefficient (Wildman–Crippen LogP) is 5.49. The Labute approximate surface area is 133 Å². The van der Waals surface area contributed by atoms with Gasteiger partial charge < -0.3 is 4.74 Å². The van der Waals surface area contributed by atoms with Crippen LogP contribution in [0.1, 0.15) is 45.4 Å². The molecule has 0 atom stereocenters. The van der Waals surface area contributed by atoms with E-state index in [2.05, 4.69) is 4.74 Å². The molecular formula is C15H18F8O. The molecule has 0 aromatic heterocycles. The van der Waals surface area contributed by atoms with Gasteiger partial charge in [0.1, 0.15) is 0 Å². The van der Waals surface area contributed by atoms with E-state index in [4.69, 9.17) is 0 Å². The Kier molecular flexibility index (Phi) is 3.77. The molecule has 0 N–H and O–H groups in total. The minimum Gasteiger partial charge on any atom is -0.347 e. The van der Waals surface area contributed by atoms with E-state index in [-0.39, 0.29) is 43.9 Å². The molecule has 4 fully saturated rings. The number of halogens is 8. The lowest BCUT2D eigenvalue weighted by Gasteiger charge is -2.59. The number of hydrogen-bond acceptors (Lipinski definition) is 1. The molecule has 0 amide bonds. The van der Waals surface area contributed by atoms with E-state index in [0.29, 0.717) is 0 Å². The first-order valence-electron chi connectivity index (χ1n) is 7.91. The topological polar surface area (TPSA) is 9.23 Å². The van der Waals surface area contributed by atoms with Gasteiger partial charge in [-0.1, -0.05) is 0 Å². The van der Waals surface area contributed by atoms with Crippen LogP contribution in [0.2, 0.25) is 0 Å². The summed E-state index contributed by atoms with van der Waals surface area (Å²) in [6, 6.07) is 0. The summed E-state index contributed by atoms with van der Waals surface area (Å²) in [6.07, 6.45) is -10.4. The highest BCUT2D eigenvalue weighted by Crippen LogP contribution is 2.62. The first-order chi connectivity index (χ1) is 10.7. The Morgan fingerprint density at radius 1 is 0.708 bits per heavy atom. The van der Waals surface area contributed by atoms with Gasteiger partial charge >= 0.3 is 18.0 Å². The summed E-state index contributed by atoms with van der Waals surface area (Å²) in [5.41, 5.74) is -7.24. The van der Waals surface area contributed by atoms with Crippen LogP contribution >= 0.6 is 0 Å². The monoisotopic (exact) mass is 366 g/mol. The van der Waals surface area contributed by atoms with Crippen molar-refractivity contribution in [2.24, 2.45) is 17.8 Å². The maximum absolute atomic E-state index is 13.8. The first kappa shape index (κ1) is 18.2. The lowest BCUT2D eigenvalue weighted by molar-refractivity contribution is -0.457. The molecule has 140 valence electrons. The fraction of sp³-hybridized carbons (Fsp3) is 1.00. The highest BCUT2D eigenvalue weighted by atomic mass is 19.4. The molecule has 0 spiro atoms. The van der Waals surface area contributed by atoms with Gasteiger partial charge in [0.25, 0.3) is 5.92 Å². The summed E-state index contributed by atoms with van der Waals surface area (Å²) < 4.78 is 112. The molecule has 0 aromatic carbocycles. The third-order valence-corrected chi connectivity index (χ3v) is 5.77. The van der Waals surface area contributed by atoms with E-state index in [1.54, 1.807) is 0 Å². The molecule has 0 aromatic rings. The third-order valence-electron chi connectivity index (χ3n) is 5.77. The molecule has 4 aliphatic carbocycles. The standard InChI is InChI=1S/C15H18F8O/c1-11(16,17)13(14(18,19)20,15(21,22)23)24-12-5-8-2-9(6-12)4-10(3-8)7-12/h8-10H,2-7H2,1H3. The number of hydrogen-bond donors (Lipinski definition) is 0. The largest absolute Gasteiger partial charge is 0.432 e. The van der Waals surface area contributed by atoms with E-state index in [1.165, 1.54) is 0 Å². The highest BCUT2D eigenvalue weighted by Gasteiger charge is 2.84. The molecule has 0 unspecified atom stereocenters. The van der Waals surface area contributed by atoms with Crippen LogP contribution in [0.3, 0.4) is 0 Å². The Hall–Kier alpha value is -0.600. The highest BCUT2D eigenvalue weighted by molar-refractivity contribution is 5.11. The molecule has 4 saturated carbocycles. The molecule has 24 heavy (non-hydrogen) atoms. The smallest absolute Gasteiger partial charge is 0.347 e. The van der Waals surface area contributed by atoms with E-state index in [0.717, 1.165) is 19.3 Å². The van der Waals surface area contributed by atoms with E-state index < -0.39 is 29.5 Å². The fourth-order valence-corrected chi connectivity index (χ4v) is 5.34. The zero-order valence-electron chi connectivity index (χ0n) is 12.9. The summed E-state index contributed by atoms with van der Waals surface area (Å²) in [5.74, 6) is -5.27. The van der Waals surface area contributed by atoms with Gasteiger partial charge in [0.2, 0.25) is 0 Å². The van der Waals surface area contributed by atoms with Crippen molar-refractivity contribution in [3.8, 4) is 0 Å². The molecule has 4 bridgehead atoms. The zero-order valence-corrected chi connectivity index (χ0v) is 12.9. The van der Waals surface area contributed by atoms with Gasteiger partial charge in [0.15, 0.2) is 0 Å². The number of alkyl halides is 8. The summed E-state index contributed by atoms with van der Waals surface area (Å²) in [4.78, 5) is 0. The Bertz CT molecular complexity index is 430. The van der Waals surface area contributed by atoms with Crippen molar-refractivity contribution in [2.45, 2.75) is 74.9 Å². The van der Waals surface area contributed by atoms with Crippen LogP contribution in [0.25, 0.3) is 0 Å². The number of rotatable bonds is 3. The van der Waals surface area contributed by atoms with Crippen LogP contribution in [0, 0.1) is 17.8 Å². The van der Waals surface area contributed by atoms with Crippen LogP contribution in [0.4, 0.5) is 35.1 Å². The molecule has 0 saturated heterocycles. The average Bonchev–Trinajstić information content (AvgIpc) is 2.29. The van der Waals surface area contributed by atoms with Gasteiger partial charge in [-0.15, -0.1) is 0 Å². The molecule has 1 nitrogen and oxygen atoms in total. The second-order valence-electron chi connectivity index (χ2n) is 7.77. The van der Waals surface area contributed by atoms with Crippen molar-refractivity contribution in [2.75, 3.05) is 0 Å². The Balaban J connectivity index is 2.05. The maximum atomic E-state index is 13.8. The van der Waals surface area contributed by atoms with Gasteiger partial charge in [-0.25, -0.2) is 8.78 Å². The van der Waals surface area contributed by atoms with Crippen molar-refractivity contribution in [3.05, 3.63) is 0 Å². The normalized spacial score (nSPS) is 37.1. The third kappa shape index (κ3) is 2.52. The van der Waals surface area contributed by atoms with Crippen molar-refractivity contribution < 1.29 is 39.9 Å². The van der Waals surface area contributed by atoms with E-state index in [1.807, 2.05) is 0 Å². The van der Waals surface area contributed by atoms with E-state index in [9.17, 15) is 35.1 Å². The Morgan fingerprint density at radius 3 is 1.29 bits per heavy atom.